The SMILES string of the molecule is COC(=O)c1sc(N2CCC(C)CC2)c(SC)c1N. The summed E-state index contributed by atoms with van der Waals surface area (Å²) in [6, 6.07) is 0. The Bertz CT molecular complexity index is 465. The molecule has 0 spiro atoms. The normalized spacial score (nSPS) is 16.7. The molecule has 6 heteroatoms. The van der Waals surface area contributed by atoms with Crippen LogP contribution in [0.5, 0.6) is 0 Å². The summed E-state index contributed by atoms with van der Waals surface area (Å²) in [7, 11) is 1.39. The fourth-order valence-corrected chi connectivity index (χ4v) is 4.43. The van der Waals surface area contributed by atoms with E-state index in [9.17, 15) is 4.79 Å². The van der Waals surface area contributed by atoms with E-state index in [2.05, 4.69) is 11.8 Å². The number of methoxy groups -OCH3 is 1. The summed E-state index contributed by atoms with van der Waals surface area (Å²) in [6.45, 7) is 4.36. The number of carbonyl (C=O) groups is 1. The van der Waals surface area contributed by atoms with E-state index < -0.39 is 0 Å². The molecule has 0 bridgehead atoms. The second kappa shape index (κ2) is 6.05. The third-order valence-corrected chi connectivity index (χ3v) is 5.73. The first kappa shape index (κ1) is 14.5. The van der Waals surface area contributed by atoms with Gasteiger partial charge in [-0.05, 0) is 25.0 Å². The lowest BCUT2D eigenvalue weighted by atomic mass is 9.99. The number of hydrogen-bond donors (Lipinski definition) is 1. The Morgan fingerprint density at radius 2 is 2.11 bits per heavy atom. The van der Waals surface area contributed by atoms with Crippen LogP contribution >= 0.6 is 23.1 Å². The quantitative estimate of drug-likeness (QED) is 0.687. The van der Waals surface area contributed by atoms with Crippen LogP contribution in [0, 0.1) is 5.92 Å². The number of nitrogens with two attached hydrogens (primary N) is 1. The molecule has 2 heterocycles. The first-order valence-corrected chi connectivity index (χ1v) is 8.42. The van der Waals surface area contributed by atoms with Crippen molar-refractivity contribution in [2.75, 3.05) is 37.1 Å². The fraction of sp³-hybridized carbons (Fsp3) is 0.615. The van der Waals surface area contributed by atoms with E-state index in [1.165, 1.54) is 31.3 Å². The van der Waals surface area contributed by atoms with Crippen LogP contribution in [0.25, 0.3) is 0 Å². The molecule has 0 unspecified atom stereocenters. The molecule has 1 saturated heterocycles. The molecule has 2 N–H and O–H groups in total. The Labute approximate surface area is 122 Å². The number of thiophene rings is 1. The third-order valence-electron chi connectivity index (χ3n) is 3.53. The molecule has 0 atom stereocenters. The highest BCUT2D eigenvalue weighted by molar-refractivity contribution is 7.99. The number of piperidine rings is 1. The van der Waals surface area contributed by atoms with E-state index in [-0.39, 0.29) is 5.97 Å². The van der Waals surface area contributed by atoms with Crippen LogP contribution in [0.3, 0.4) is 0 Å². The van der Waals surface area contributed by atoms with E-state index in [1.54, 1.807) is 11.8 Å². The summed E-state index contributed by atoms with van der Waals surface area (Å²) < 4.78 is 4.80. The number of hydrogen-bond acceptors (Lipinski definition) is 6. The Morgan fingerprint density at radius 1 is 1.47 bits per heavy atom. The summed E-state index contributed by atoms with van der Waals surface area (Å²) >= 11 is 3.06. The van der Waals surface area contributed by atoms with Gasteiger partial charge in [0.2, 0.25) is 0 Å². The van der Waals surface area contributed by atoms with Crippen LogP contribution in [-0.2, 0) is 4.74 Å². The predicted octanol–water partition coefficient (Wildman–Crippen LogP) is 3.08. The molecule has 106 valence electrons. The minimum absolute atomic E-state index is 0.338. The Balaban J connectivity index is 2.32. The lowest BCUT2D eigenvalue weighted by Gasteiger charge is -2.31. The van der Waals surface area contributed by atoms with Crippen LogP contribution in [-0.4, -0.2) is 32.4 Å². The van der Waals surface area contributed by atoms with Gasteiger partial charge in [-0.25, -0.2) is 4.79 Å². The lowest BCUT2D eigenvalue weighted by molar-refractivity contribution is 0.0607. The summed E-state index contributed by atoms with van der Waals surface area (Å²) in [6.07, 6.45) is 4.38. The van der Waals surface area contributed by atoms with Gasteiger partial charge in [0.25, 0.3) is 0 Å². The summed E-state index contributed by atoms with van der Waals surface area (Å²) in [5.41, 5.74) is 6.65. The van der Waals surface area contributed by atoms with E-state index in [1.807, 2.05) is 6.26 Å². The van der Waals surface area contributed by atoms with Gasteiger partial charge in [0.05, 0.1) is 17.7 Å². The molecule has 0 amide bonds. The van der Waals surface area contributed by atoms with Gasteiger partial charge in [-0.15, -0.1) is 23.1 Å². The van der Waals surface area contributed by atoms with Crippen molar-refractivity contribution < 1.29 is 9.53 Å². The molecule has 0 radical (unpaired) electrons. The average Bonchev–Trinajstić information content (AvgIpc) is 2.75. The van der Waals surface area contributed by atoms with Gasteiger partial charge in [-0.2, -0.15) is 0 Å². The van der Waals surface area contributed by atoms with Crippen molar-refractivity contribution >= 4 is 39.8 Å². The highest BCUT2D eigenvalue weighted by Gasteiger charge is 2.26. The largest absolute Gasteiger partial charge is 0.465 e. The van der Waals surface area contributed by atoms with Crippen LogP contribution in [0.4, 0.5) is 10.7 Å². The molecular weight excluding hydrogens is 280 g/mol. The smallest absolute Gasteiger partial charge is 0.350 e. The molecule has 0 aliphatic carbocycles. The number of nitrogen functional groups attached to an aromatic ring is 1. The maximum Gasteiger partial charge on any atom is 0.350 e. The molecule has 0 aromatic carbocycles. The van der Waals surface area contributed by atoms with Gasteiger partial charge in [0.15, 0.2) is 0 Å². The maximum atomic E-state index is 11.7. The van der Waals surface area contributed by atoms with Gasteiger partial charge >= 0.3 is 5.97 Å². The van der Waals surface area contributed by atoms with E-state index >= 15 is 0 Å². The molecule has 19 heavy (non-hydrogen) atoms. The van der Waals surface area contributed by atoms with Crippen molar-refractivity contribution in [3.63, 3.8) is 0 Å². The summed E-state index contributed by atoms with van der Waals surface area (Å²) in [5, 5.41) is 1.12. The standard InChI is InChI=1S/C13H20N2O2S2/c1-8-4-6-15(7-5-8)12-10(18-3)9(14)11(19-12)13(16)17-2/h8H,4-7,14H2,1-3H3. The van der Waals surface area contributed by atoms with Crippen molar-refractivity contribution in [1.29, 1.82) is 0 Å². The number of carbonyl (C=O) groups excluding carboxylic acids is 1. The zero-order valence-electron chi connectivity index (χ0n) is 11.6. The van der Waals surface area contributed by atoms with Crippen LogP contribution in [0.2, 0.25) is 0 Å². The number of thioether (sulfide) groups is 1. The average molecular weight is 300 g/mol. The number of anilines is 2. The molecule has 2 rings (SSSR count). The minimum atomic E-state index is -0.338. The number of rotatable bonds is 3. The molecule has 1 aliphatic heterocycles. The van der Waals surface area contributed by atoms with Gasteiger partial charge in [-0.3, -0.25) is 0 Å². The second-order valence-corrected chi connectivity index (χ2v) is 6.66. The van der Waals surface area contributed by atoms with Crippen molar-refractivity contribution in [3.8, 4) is 0 Å². The molecule has 1 aromatic heterocycles. The molecular formula is C13H20N2O2S2. The van der Waals surface area contributed by atoms with Crippen molar-refractivity contribution in [2.24, 2.45) is 5.92 Å². The first-order valence-electron chi connectivity index (χ1n) is 6.38. The van der Waals surface area contributed by atoms with E-state index in [4.69, 9.17) is 10.5 Å². The van der Waals surface area contributed by atoms with Gasteiger partial charge in [0, 0.05) is 13.1 Å². The summed E-state index contributed by atoms with van der Waals surface area (Å²) in [5.74, 6) is 0.445. The van der Waals surface area contributed by atoms with Crippen molar-refractivity contribution in [3.05, 3.63) is 4.88 Å². The van der Waals surface area contributed by atoms with Crippen LogP contribution < -0.4 is 10.6 Å². The molecule has 4 nitrogen and oxygen atoms in total. The number of esters is 1. The van der Waals surface area contributed by atoms with Gasteiger partial charge < -0.3 is 15.4 Å². The molecule has 1 aromatic rings. The predicted molar refractivity (Wildman–Crippen MR) is 82.5 cm³/mol. The Morgan fingerprint density at radius 3 is 2.63 bits per heavy atom. The van der Waals surface area contributed by atoms with Gasteiger partial charge in [0.1, 0.15) is 9.88 Å². The van der Waals surface area contributed by atoms with E-state index in [0.717, 1.165) is 28.9 Å². The summed E-state index contributed by atoms with van der Waals surface area (Å²) in [4.78, 5) is 15.6. The third kappa shape index (κ3) is 2.84. The molecule has 1 aliphatic rings. The van der Waals surface area contributed by atoms with Crippen molar-refractivity contribution in [2.45, 2.75) is 24.7 Å². The minimum Gasteiger partial charge on any atom is -0.465 e. The van der Waals surface area contributed by atoms with E-state index in [0.29, 0.717) is 10.6 Å². The second-order valence-electron chi connectivity index (χ2n) is 4.84. The van der Waals surface area contributed by atoms with Crippen molar-refractivity contribution in [1.82, 2.24) is 0 Å². The topological polar surface area (TPSA) is 55.6 Å². The molecule has 0 saturated carbocycles. The van der Waals surface area contributed by atoms with Crippen LogP contribution in [0.15, 0.2) is 4.90 Å². The lowest BCUT2D eigenvalue weighted by Crippen LogP contribution is -2.32. The Kier molecular flexibility index (Phi) is 4.62. The number of nitrogens with zero attached hydrogens (tertiary/aromatic N) is 1. The monoisotopic (exact) mass is 300 g/mol. The maximum absolute atomic E-state index is 11.7. The zero-order chi connectivity index (χ0) is 14.0. The first-order chi connectivity index (χ1) is 9.08. The molecule has 1 fully saturated rings. The number of ether oxygens (including phenoxy) is 1. The van der Waals surface area contributed by atoms with Crippen LogP contribution in [0.1, 0.15) is 29.4 Å². The zero-order valence-corrected chi connectivity index (χ0v) is 13.2. The fourth-order valence-electron chi connectivity index (χ4n) is 2.28. The highest BCUT2D eigenvalue weighted by Crippen LogP contribution is 2.44. The Hall–Kier alpha value is -0.880. The highest BCUT2D eigenvalue weighted by atomic mass is 32.2. The van der Waals surface area contributed by atoms with Gasteiger partial charge in [-0.1, -0.05) is 6.92 Å².